The number of hydrogen-bond acceptors (Lipinski definition) is 5. The maximum Gasteiger partial charge on any atom is 1.00 e. The van der Waals surface area contributed by atoms with Gasteiger partial charge in [0.05, 0.1) is 7.82 Å². The molecule has 0 heterocycles. The van der Waals surface area contributed by atoms with E-state index >= 15 is 0 Å². The molecule has 0 amide bonds. The third-order valence-corrected chi connectivity index (χ3v) is 3.16. The Hall–Kier alpha value is 2.07. The Morgan fingerprint density at radius 3 is 1.65 bits per heavy atom. The molecule has 0 saturated heterocycles. The molecule has 8 heteroatoms. The van der Waals surface area contributed by atoms with Crippen molar-refractivity contribution in [3.63, 3.8) is 0 Å². The van der Waals surface area contributed by atoms with E-state index in [1.165, 1.54) is 44.9 Å². The molecule has 0 aliphatic carbocycles. The van der Waals surface area contributed by atoms with Crippen molar-refractivity contribution in [2.45, 2.75) is 71.1 Å². The number of phosphoric acid groups is 1. The summed E-state index contributed by atoms with van der Waals surface area (Å²) in [5, 5.41) is 0. The van der Waals surface area contributed by atoms with Crippen molar-refractivity contribution < 1.29 is 78.1 Å². The second-order valence-electron chi connectivity index (χ2n) is 4.61. The fourth-order valence-electron chi connectivity index (χ4n) is 1.81. The van der Waals surface area contributed by atoms with E-state index in [0.717, 1.165) is 19.3 Å². The van der Waals surface area contributed by atoms with Crippen LogP contribution in [0.4, 0.5) is 0 Å². The van der Waals surface area contributed by atoms with Gasteiger partial charge in [-0.05, 0) is 6.42 Å². The summed E-state index contributed by atoms with van der Waals surface area (Å²) in [6.45, 7) is 2.63. The summed E-state index contributed by atoms with van der Waals surface area (Å²) in [5.74, 6) is 0. The minimum absolute atomic E-state index is 0. The van der Waals surface area contributed by atoms with Crippen molar-refractivity contribution in [1.82, 2.24) is 5.48 Å². The Morgan fingerprint density at radius 2 is 1.25 bits per heavy atom. The van der Waals surface area contributed by atoms with Gasteiger partial charge in [0.1, 0.15) is 0 Å². The molecule has 0 aliphatic rings. The number of rotatable bonds is 13. The fraction of sp³-hybridized carbons (Fsp3) is 1.00. The molecule has 110 valence electrons. The molecule has 0 bridgehead atoms. The number of unbranched alkanes of at least 4 members (excludes halogenated alkanes) is 9. The molecule has 0 aliphatic heterocycles. The van der Waals surface area contributed by atoms with Gasteiger partial charge in [-0.1, -0.05) is 64.7 Å². The van der Waals surface area contributed by atoms with Gasteiger partial charge in [-0.15, -0.1) is 0 Å². The minimum Gasteiger partial charge on any atom is -0.788 e. The zero-order valence-electron chi connectivity index (χ0n) is 13.4. The van der Waals surface area contributed by atoms with Gasteiger partial charge in [0.2, 0.25) is 0 Å². The molecule has 20 heavy (non-hydrogen) atoms. The molecule has 0 unspecified atom stereocenters. The van der Waals surface area contributed by atoms with E-state index in [-0.39, 0.29) is 59.1 Å². The SMILES string of the molecule is CCCCCCCCCCCCNOP(=O)([O-])[O-].[Na+].[Na+]. The third kappa shape index (κ3) is 25.0. The Morgan fingerprint density at radius 1 is 0.850 bits per heavy atom. The van der Waals surface area contributed by atoms with Gasteiger partial charge < -0.3 is 14.4 Å². The van der Waals surface area contributed by atoms with Crippen LogP contribution in [-0.4, -0.2) is 6.54 Å². The van der Waals surface area contributed by atoms with E-state index < -0.39 is 7.82 Å². The molecular formula is C12H26NNa2O4P. The van der Waals surface area contributed by atoms with Crippen LogP contribution in [0, 0.1) is 0 Å². The van der Waals surface area contributed by atoms with Crippen LogP contribution in [0.1, 0.15) is 71.1 Å². The maximum atomic E-state index is 10.1. The number of nitrogens with one attached hydrogen (secondary N) is 1. The molecule has 5 nitrogen and oxygen atoms in total. The van der Waals surface area contributed by atoms with Gasteiger partial charge in [-0.2, -0.15) is 5.48 Å². The van der Waals surface area contributed by atoms with Crippen LogP contribution in [0.3, 0.4) is 0 Å². The van der Waals surface area contributed by atoms with E-state index in [1.807, 2.05) is 0 Å². The molecule has 0 rings (SSSR count). The maximum absolute atomic E-state index is 10.1. The second-order valence-corrected chi connectivity index (χ2v) is 5.69. The van der Waals surface area contributed by atoms with Gasteiger partial charge in [0.15, 0.2) is 0 Å². The van der Waals surface area contributed by atoms with E-state index in [0.29, 0.717) is 6.54 Å². The number of hydroxylamine groups is 1. The van der Waals surface area contributed by atoms with Crippen molar-refractivity contribution in [1.29, 1.82) is 0 Å². The molecule has 1 N–H and O–H groups in total. The van der Waals surface area contributed by atoms with Crippen LogP contribution in [0.25, 0.3) is 0 Å². The van der Waals surface area contributed by atoms with Gasteiger partial charge in [-0.3, -0.25) is 4.62 Å². The first-order chi connectivity index (χ1) is 8.56. The minimum atomic E-state index is -4.86. The molecule has 0 aromatic carbocycles. The molecule has 0 radical (unpaired) electrons. The predicted octanol–water partition coefficient (Wildman–Crippen LogP) is -3.73. The standard InChI is InChI=1S/C12H28NO4P.2Na/c1-2-3-4-5-6-7-8-9-10-11-12-13-17-18(14,15)16;;/h13H,2-12H2,1H3,(H2,14,15,16);;/q;2*+1/p-2. The molecule has 0 saturated carbocycles. The quantitative estimate of drug-likeness (QED) is 0.163. The molecule has 0 aromatic rings. The summed E-state index contributed by atoms with van der Waals surface area (Å²) >= 11 is 0. The monoisotopic (exact) mass is 325 g/mol. The smallest absolute Gasteiger partial charge is 0.788 e. The molecular weight excluding hydrogens is 299 g/mol. The van der Waals surface area contributed by atoms with Gasteiger partial charge in [0.25, 0.3) is 0 Å². The van der Waals surface area contributed by atoms with Crippen molar-refractivity contribution in [2.24, 2.45) is 0 Å². The zero-order chi connectivity index (χ0) is 13.7. The van der Waals surface area contributed by atoms with Crippen molar-refractivity contribution in [2.75, 3.05) is 6.54 Å². The van der Waals surface area contributed by atoms with Crippen molar-refractivity contribution >= 4 is 7.82 Å². The van der Waals surface area contributed by atoms with Gasteiger partial charge >= 0.3 is 59.1 Å². The van der Waals surface area contributed by atoms with E-state index in [9.17, 15) is 14.4 Å². The van der Waals surface area contributed by atoms with E-state index in [1.54, 1.807) is 0 Å². The molecule has 0 aromatic heterocycles. The summed E-state index contributed by atoms with van der Waals surface area (Å²) in [6, 6.07) is 0. The van der Waals surface area contributed by atoms with E-state index in [2.05, 4.69) is 17.0 Å². The topological polar surface area (TPSA) is 84.5 Å². The van der Waals surface area contributed by atoms with E-state index in [4.69, 9.17) is 0 Å². The van der Waals surface area contributed by atoms with Crippen LogP contribution in [0.5, 0.6) is 0 Å². The molecule has 0 spiro atoms. The normalized spacial score (nSPS) is 10.8. The summed E-state index contributed by atoms with van der Waals surface area (Å²) in [5.41, 5.74) is 2.16. The Kier molecular flexibility index (Phi) is 25.8. The van der Waals surface area contributed by atoms with Crippen LogP contribution in [0.15, 0.2) is 0 Å². The summed E-state index contributed by atoms with van der Waals surface area (Å²) < 4.78 is 14.0. The summed E-state index contributed by atoms with van der Waals surface area (Å²) in [7, 11) is -4.86. The predicted molar refractivity (Wildman–Crippen MR) is 68.5 cm³/mol. The van der Waals surface area contributed by atoms with Crippen molar-refractivity contribution in [3.8, 4) is 0 Å². The Balaban J connectivity index is -0.00000144. The summed E-state index contributed by atoms with van der Waals surface area (Å²) in [6.07, 6.45) is 12.2. The molecule has 0 fully saturated rings. The fourth-order valence-corrected chi connectivity index (χ4v) is 2.06. The van der Waals surface area contributed by atoms with Gasteiger partial charge in [-0.25, -0.2) is 0 Å². The average molecular weight is 325 g/mol. The van der Waals surface area contributed by atoms with Gasteiger partial charge in [0, 0.05) is 6.54 Å². The zero-order valence-corrected chi connectivity index (χ0v) is 18.3. The van der Waals surface area contributed by atoms with Crippen LogP contribution < -0.4 is 74.4 Å². The average Bonchev–Trinajstić information content (AvgIpc) is 2.29. The third-order valence-electron chi connectivity index (χ3n) is 2.81. The van der Waals surface area contributed by atoms with Crippen LogP contribution in [0.2, 0.25) is 0 Å². The first-order valence-corrected chi connectivity index (χ1v) is 8.46. The molecule has 0 atom stereocenters. The van der Waals surface area contributed by atoms with Crippen LogP contribution in [-0.2, 0) is 9.19 Å². The first kappa shape index (κ1) is 26.9. The largest absolute Gasteiger partial charge is 1.00 e. The summed E-state index contributed by atoms with van der Waals surface area (Å²) in [4.78, 5) is 20.2. The second kappa shape index (κ2) is 19.1. The number of hydrogen-bond donors (Lipinski definition) is 1. The first-order valence-electron chi connectivity index (χ1n) is 7.00. The van der Waals surface area contributed by atoms with Crippen molar-refractivity contribution in [3.05, 3.63) is 0 Å². The van der Waals surface area contributed by atoms with Crippen LogP contribution >= 0.6 is 7.82 Å². The Bertz CT molecular complexity index is 230. The Labute approximate surface area is 167 Å².